The molecule has 0 radical (unpaired) electrons. The molecule has 0 fully saturated rings. The van der Waals surface area contributed by atoms with E-state index < -0.39 is 0 Å². The van der Waals surface area contributed by atoms with Crippen molar-refractivity contribution in [2.45, 2.75) is 6.92 Å². The molecule has 8 nitrogen and oxygen atoms in total. The maximum absolute atomic E-state index is 4.98. The van der Waals surface area contributed by atoms with Crippen LogP contribution in [0.4, 0.5) is 11.6 Å². The van der Waals surface area contributed by atoms with Crippen LogP contribution in [0.5, 0.6) is 0 Å². The van der Waals surface area contributed by atoms with E-state index in [0.29, 0.717) is 42.6 Å². The summed E-state index contributed by atoms with van der Waals surface area (Å²) < 4.78 is 9.59. The van der Waals surface area contributed by atoms with Gasteiger partial charge in [-0.2, -0.15) is 0 Å². The number of ether oxygens (including phenoxy) is 1. The Labute approximate surface area is 110 Å². The minimum Gasteiger partial charge on any atom is -0.383 e. The summed E-state index contributed by atoms with van der Waals surface area (Å²) in [5.41, 5.74) is 1.71. The van der Waals surface area contributed by atoms with E-state index in [1.165, 1.54) is 0 Å². The van der Waals surface area contributed by atoms with Crippen LogP contribution in [0.2, 0.25) is 0 Å². The molecule has 0 aromatic carbocycles. The maximum atomic E-state index is 4.98. The van der Waals surface area contributed by atoms with E-state index in [-0.39, 0.29) is 0 Å². The van der Waals surface area contributed by atoms with Crippen LogP contribution in [-0.4, -0.2) is 47.1 Å². The first-order valence-corrected chi connectivity index (χ1v) is 5.82. The molecule has 0 saturated heterocycles. The smallest absolute Gasteiger partial charge is 0.245 e. The van der Waals surface area contributed by atoms with E-state index in [4.69, 9.17) is 4.74 Å². The lowest BCUT2D eigenvalue weighted by atomic mass is 10.3. The highest BCUT2D eigenvalue weighted by molar-refractivity contribution is 5.73. The van der Waals surface area contributed by atoms with Gasteiger partial charge in [0.05, 0.1) is 6.61 Å². The number of hydrogen-bond acceptors (Lipinski definition) is 8. The van der Waals surface area contributed by atoms with Gasteiger partial charge in [0.1, 0.15) is 0 Å². The van der Waals surface area contributed by atoms with Crippen LogP contribution >= 0.6 is 0 Å². The molecule has 0 unspecified atom stereocenters. The lowest BCUT2D eigenvalue weighted by Gasteiger charge is -2.11. The summed E-state index contributed by atoms with van der Waals surface area (Å²) in [6, 6.07) is 0. The van der Waals surface area contributed by atoms with Gasteiger partial charge in [-0.3, -0.25) is 0 Å². The van der Waals surface area contributed by atoms with Gasteiger partial charge in [0.15, 0.2) is 11.6 Å². The molecule has 2 rings (SSSR count). The van der Waals surface area contributed by atoms with Gasteiger partial charge in [0.25, 0.3) is 0 Å². The van der Waals surface area contributed by atoms with E-state index in [9.17, 15) is 0 Å². The topological polar surface area (TPSA) is 98.0 Å². The summed E-state index contributed by atoms with van der Waals surface area (Å²) in [7, 11) is 1.64. The van der Waals surface area contributed by atoms with Crippen LogP contribution in [-0.2, 0) is 4.74 Å². The Kier molecular flexibility index (Phi) is 4.24. The second-order valence-electron chi connectivity index (χ2n) is 4.06. The summed E-state index contributed by atoms with van der Waals surface area (Å²) in [6.45, 7) is 7.54. The molecule has 102 valence electrons. The Hall–Kier alpha value is -2.22. The molecule has 0 aliphatic carbocycles. The largest absolute Gasteiger partial charge is 0.383 e. The van der Waals surface area contributed by atoms with E-state index in [2.05, 4.69) is 42.1 Å². The zero-order chi connectivity index (χ0) is 13.7. The third-order valence-electron chi connectivity index (χ3n) is 2.27. The highest BCUT2D eigenvalue weighted by Gasteiger charge is 2.11. The Morgan fingerprint density at radius 3 is 2.42 bits per heavy atom. The third kappa shape index (κ3) is 3.38. The predicted octanol–water partition coefficient (Wildman–Crippen LogP) is 1.06. The van der Waals surface area contributed by atoms with Gasteiger partial charge in [-0.1, -0.05) is 12.2 Å². The number of nitrogens with zero attached hydrogens (tertiary/aromatic N) is 4. The van der Waals surface area contributed by atoms with E-state index in [0.717, 1.165) is 5.57 Å². The van der Waals surface area contributed by atoms with E-state index >= 15 is 0 Å². The van der Waals surface area contributed by atoms with E-state index in [1.807, 2.05) is 6.92 Å². The molecular formula is C11H16N6O2. The Morgan fingerprint density at radius 1 is 1.21 bits per heavy atom. The Balaban J connectivity index is 2.22. The van der Waals surface area contributed by atoms with Crippen molar-refractivity contribution in [1.29, 1.82) is 0 Å². The van der Waals surface area contributed by atoms with Gasteiger partial charge in [0, 0.05) is 20.2 Å². The van der Waals surface area contributed by atoms with Crippen molar-refractivity contribution >= 4 is 22.9 Å². The number of hydrogen-bond donors (Lipinski definition) is 2. The standard InChI is InChI=1S/C11H16N6O2/c1-7(2)6-13-9-8(12-4-5-18-3)14-10-11(15-9)17-19-16-10/h1,4-6H2,2-3H3,(H,12,14,16)(H,13,15,17). The average molecular weight is 264 g/mol. The molecule has 0 aliphatic rings. The second kappa shape index (κ2) is 6.10. The fourth-order valence-electron chi connectivity index (χ4n) is 1.39. The summed E-state index contributed by atoms with van der Waals surface area (Å²) in [5.74, 6) is 1.17. The zero-order valence-electron chi connectivity index (χ0n) is 10.9. The van der Waals surface area contributed by atoms with Crippen LogP contribution in [0.1, 0.15) is 6.92 Å². The molecule has 2 heterocycles. The third-order valence-corrected chi connectivity index (χ3v) is 2.27. The first-order valence-electron chi connectivity index (χ1n) is 5.82. The number of nitrogens with one attached hydrogen (secondary N) is 2. The first kappa shape index (κ1) is 13.2. The van der Waals surface area contributed by atoms with Gasteiger partial charge in [-0.05, 0) is 17.2 Å². The van der Waals surface area contributed by atoms with Crippen LogP contribution in [0, 0.1) is 0 Å². The number of anilines is 2. The van der Waals surface area contributed by atoms with Gasteiger partial charge in [-0.15, -0.1) is 0 Å². The van der Waals surface area contributed by atoms with Crippen molar-refractivity contribution in [2.24, 2.45) is 0 Å². The SMILES string of the molecule is C=C(C)CNc1nc2nonc2nc1NCCOC. The van der Waals surface area contributed by atoms with Crippen molar-refractivity contribution in [2.75, 3.05) is 37.4 Å². The minimum absolute atomic E-state index is 0.362. The molecule has 0 spiro atoms. The molecular weight excluding hydrogens is 248 g/mol. The summed E-state index contributed by atoms with van der Waals surface area (Å²) in [6.07, 6.45) is 0. The summed E-state index contributed by atoms with van der Waals surface area (Å²) in [5, 5.41) is 13.6. The summed E-state index contributed by atoms with van der Waals surface area (Å²) >= 11 is 0. The molecule has 0 atom stereocenters. The molecule has 0 amide bonds. The van der Waals surface area contributed by atoms with Gasteiger partial charge >= 0.3 is 0 Å². The molecule has 8 heteroatoms. The molecule has 2 N–H and O–H groups in total. The van der Waals surface area contributed by atoms with Gasteiger partial charge in [-0.25, -0.2) is 14.6 Å². The Bertz CT molecular complexity index is 567. The lowest BCUT2D eigenvalue weighted by Crippen LogP contribution is -2.13. The van der Waals surface area contributed by atoms with Crippen LogP contribution in [0.25, 0.3) is 11.3 Å². The van der Waals surface area contributed by atoms with Gasteiger partial charge in [0.2, 0.25) is 11.3 Å². The fraction of sp³-hybridized carbons (Fsp3) is 0.455. The normalized spacial score (nSPS) is 10.6. The number of rotatable bonds is 7. The number of methoxy groups -OCH3 is 1. The van der Waals surface area contributed by atoms with Gasteiger partial charge < -0.3 is 15.4 Å². The van der Waals surface area contributed by atoms with Crippen molar-refractivity contribution in [1.82, 2.24) is 20.3 Å². The monoisotopic (exact) mass is 264 g/mol. The zero-order valence-corrected chi connectivity index (χ0v) is 10.9. The highest BCUT2D eigenvalue weighted by Crippen LogP contribution is 2.19. The van der Waals surface area contributed by atoms with E-state index in [1.54, 1.807) is 7.11 Å². The maximum Gasteiger partial charge on any atom is 0.245 e. The highest BCUT2D eigenvalue weighted by atomic mass is 16.6. The van der Waals surface area contributed by atoms with Crippen molar-refractivity contribution in [3.8, 4) is 0 Å². The molecule has 0 aliphatic heterocycles. The number of fused-ring (bicyclic) bond motifs is 1. The number of aromatic nitrogens is 4. The molecule has 2 aromatic rings. The van der Waals surface area contributed by atoms with Crippen LogP contribution in [0.3, 0.4) is 0 Å². The molecule has 2 aromatic heterocycles. The molecule has 0 bridgehead atoms. The first-order chi connectivity index (χ1) is 9.20. The van der Waals surface area contributed by atoms with Crippen molar-refractivity contribution in [3.05, 3.63) is 12.2 Å². The molecule has 19 heavy (non-hydrogen) atoms. The molecule has 0 saturated carbocycles. The van der Waals surface area contributed by atoms with Crippen molar-refractivity contribution in [3.63, 3.8) is 0 Å². The predicted molar refractivity (Wildman–Crippen MR) is 71.1 cm³/mol. The van der Waals surface area contributed by atoms with Crippen molar-refractivity contribution < 1.29 is 9.37 Å². The fourth-order valence-corrected chi connectivity index (χ4v) is 1.39. The second-order valence-corrected chi connectivity index (χ2v) is 4.06. The summed E-state index contributed by atoms with van der Waals surface area (Å²) in [4.78, 5) is 8.60. The quantitative estimate of drug-likeness (QED) is 0.566. The minimum atomic E-state index is 0.362. The lowest BCUT2D eigenvalue weighted by molar-refractivity contribution is 0.210. The average Bonchev–Trinajstić information content (AvgIpc) is 2.83. The Morgan fingerprint density at radius 2 is 1.84 bits per heavy atom. The van der Waals surface area contributed by atoms with Crippen LogP contribution < -0.4 is 10.6 Å². The van der Waals surface area contributed by atoms with Crippen LogP contribution in [0.15, 0.2) is 16.8 Å².